The summed E-state index contributed by atoms with van der Waals surface area (Å²) in [5.41, 5.74) is 1.23. The third-order valence-electron chi connectivity index (χ3n) is 4.69. The fourth-order valence-corrected chi connectivity index (χ4v) is 3.43. The number of nitrogens with zero attached hydrogens (tertiary/aromatic N) is 3. The van der Waals surface area contributed by atoms with E-state index in [1.54, 1.807) is 25.0 Å². The minimum atomic E-state index is -0.0181. The number of aryl methyl sites for hydroxylation is 1. The summed E-state index contributed by atoms with van der Waals surface area (Å²) >= 11 is 0. The van der Waals surface area contributed by atoms with Crippen molar-refractivity contribution >= 4 is 11.7 Å². The maximum Gasteiger partial charge on any atom is 0.239 e. The smallest absolute Gasteiger partial charge is 0.239 e. The van der Waals surface area contributed by atoms with Gasteiger partial charge in [-0.05, 0) is 43.0 Å². The first-order valence-corrected chi connectivity index (χ1v) is 8.80. The normalized spacial score (nSPS) is 17.3. The molecule has 1 aromatic heterocycles. The van der Waals surface area contributed by atoms with Gasteiger partial charge in [0.25, 0.3) is 0 Å². The molecule has 3 rings (SSSR count). The lowest BCUT2D eigenvalue weighted by atomic mass is 9.98. The van der Waals surface area contributed by atoms with Crippen LogP contribution in [0, 0.1) is 5.92 Å². The van der Waals surface area contributed by atoms with Crippen LogP contribution in [0.1, 0.15) is 12.0 Å². The molecule has 1 saturated heterocycles. The maximum atomic E-state index is 12.2. The van der Waals surface area contributed by atoms with E-state index in [-0.39, 0.29) is 5.91 Å². The number of methoxy groups -OCH3 is 2. The first-order chi connectivity index (χ1) is 12.6. The predicted molar refractivity (Wildman–Crippen MR) is 99.6 cm³/mol. The highest BCUT2D eigenvalue weighted by Crippen LogP contribution is 2.30. The van der Waals surface area contributed by atoms with Crippen molar-refractivity contribution in [3.05, 3.63) is 36.0 Å². The number of rotatable bonds is 7. The van der Waals surface area contributed by atoms with E-state index in [0.29, 0.717) is 18.3 Å². The molecule has 1 aliphatic heterocycles. The van der Waals surface area contributed by atoms with Crippen molar-refractivity contribution < 1.29 is 14.3 Å². The highest BCUT2D eigenvalue weighted by molar-refractivity contribution is 5.91. The summed E-state index contributed by atoms with van der Waals surface area (Å²) < 4.78 is 12.3. The molecule has 1 aromatic carbocycles. The molecule has 1 aliphatic rings. The summed E-state index contributed by atoms with van der Waals surface area (Å²) in [6.45, 7) is 2.26. The summed E-state index contributed by atoms with van der Waals surface area (Å²) in [6, 6.07) is 7.86. The van der Waals surface area contributed by atoms with E-state index in [2.05, 4.69) is 21.4 Å². The van der Waals surface area contributed by atoms with Crippen molar-refractivity contribution in [3.63, 3.8) is 0 Å². The molecule has 140 valence electrons. The minimum absolute atomic E-state index is 0.0181. The number of likely N-dealkylation sites (tertiary alicyclic amines) is 1. The Morgan fingerprint density at radius 3 is 2.77 bits per heavy atom. The van der Waals surface area contributed by atoms with Crippen LogP contribution in [0.3, 0.4) is 0 Å². The van der Waals surface area contributed by atoms with Gasteiger partial charge in [0.05, 0.1) is 20.8 Å². The van der Waals surface area contributed by atoms with Crippen LogP contribution >= 0.6 is 0 Å². The van der Waals surface area contributed by atoms with E-state index >= 15 is 0 Å². The number of aromatic nitrogens is 2. The van der Waals surface area contributed by atoms with E-state index in [4.69, 9.17) is 9.47 Å². The lowest BCUT2D eigenvalue weighted by molar-refractivity contribution is -0.117. The summed E-state index contributed by atoms with van der Waals surface area (Å²) in [7, 11) is 5.12. The van der Waals surface area contributed by atoms with Crippen LogP contribution in [0.15, 0.2) is 30.5 Å². The van der Waals surface area contributed by atoms with Crippen molar-refractivity contribution in [2.45, 2.75) is 12.8 Å². The highest BCUT2D eigenvalue weighted by atomic mass is 16.5. The minimum Gasteiger partial charge on any atom is -0.493 e. The Morgan fingerprint density at radius 1 is 1.27 bits per heavy atom. The first-order valence-electron chi connectivity index (χ1n) is 8.80. The second kappa shape index (κ2) is 8.23. The van der Waals surface area contributed by atoms with Crippen molar-refractivity contribution in [3.8, 4) is 11.5 Å². The second-order valence-corrected chi connectivity index (χ2v) is 6.71. The Labute approximate surface area is 153 Å². The zero-order valence-corrected chi connectivity index (χ0v) is 15.6. The SMILES string of the molecule is COc1ccc(CC2CCN(CC(=O)Nc3ccn(C)n3)C2)cc1OC. The van der Waals surface area contributed by atoms with Gasteiger partial charge in [0.2, 0.25) is 5.91 Å². The van der Waals surface area contributed by atoms with Gasteiger partial charge in [-0.1, -0.05) is 6.07 Å². The van der Waals surface area contributed by atoms with Gasteiger partial charge in [-0.25, -0.2) is 0 Å². The molecule has 0 saturated carbocycles. The molecular weight excluding hydrogens is 332 g/mol. The van der Waals surface area contributed by atoms with Crippen LogP contribution in [0.25, 0.3) is 0 Å². The molecule has 1 fully saturated rings. The molecule has 1 N–H and O–H groups in total. The molecule has 26 heavy (non-hydrogen) atoms. The highest BCUT2D eigenvalue weighted by Gasteiger charge is 2.24. The Kier molecular flexibility index (Phi) is 5.78. The first kappa shape index (κ1) is 18.3. The Hall–Kier alpha value is -2.54. The van der Waals surface area contributed by atoms with Gasteiger partial charge >= 0.3 is 0 Å². The third kappa shape index (κ3) is 4.54. The third-order valence-corrected chi connectivity index (χ3v) is 4.69. The maximum absolute atomic E-state index is 12.2. The van der Waals surface area contributed by atoms with E-state index in [1.807, 2.05) is 25.4 Å². The Balaban J connectivity index is 1.50. The number of anilines is 1. The molecule has 0 aliphatic carbocycles. The standard InChI is InChI=1S/C19H26N4O3/c1-22-8-7-18(21-22)20-19(24)13-23-9-6-15(12-23)10-14-4-5-16(25-2)17(11-14)26-3/h4-5,7-8,11,15H,6,9-10,12-13H2,1-3H3,(H,20,21,24). The average molecular weight is 358 g/mol. The van der Waals surface area contributed by atoms with Gasteiger partial charge in [-0.2, -0.15) is 5.10 Å². The number of carbonyl (C=O) groups excluding carboxylic acids is 1. The Morgan fingerprint density at radius 2 is 2.08 bits per heavy atom. The van der Waals surface area contributed by atoms with E-state index in [0.717, 1.165) is 37.4 Å². The fourth-order valence-electron chi connectivity index (χ4n) is 3.43. The van der Waals surface area contributed by atoms with Crippen LogP contribution in [-0.4, -0.2) is 54.4 Å². The summed E-state index contributed by atoms with van der Waals surface area (Å²) in [4.78, 5) is 14.4. The number of amides is 1. The number of carbonyl (C=O) groups is 1. The van der Waals surface area contributed by atoms with E-state index < -0.39 is 0 Å². The number of nitrogens with one attached hydrogen (secondary N) is 1. The molecule has 0 bridgehead atoms. The van der Waals surface area contributed by atoms with Crippen LogP contribution in [-0.2, 0) is 18.3 Å². The largest absolute Gasteiger partial charge is 0.493 e. The van der Waals surface area contributed by atoms with Crippen LogP contribution in [0.5, 0.6) is 11.5 Å². The molecule has 1 atom stereocenters. The monoisotopic (exact) mass is 358 g/mol. The fraction of sp³-hybridized carbons (Fsp3) is 0.474. The summed E-state index contributed by atoms with van der Waals surface area (Å²) in [5, 5.41) is 7.01. The molecule has 0 radical (unpaired) electrons. The van der Waals surface area contributed by atoms with Crippen LogP contribution in [0.2, 0.25) is 0 Å². The quantitative estimate of drug-likeness (QED) is 0.819. The molecule has 2 heterocycles. The molecule has 1 unspecified atom stereocenters. The second-order valence-electron chi connectivity index (χ2n) is 6.71. The van der Waals surface area contributed by atoms with Crippen LogP contribution in [0.4, 0.5) is 5.82 Å². The lowest BCUT2D eigenvalue weighted by Crippen LogP contribution is -2.31. The van der Waals surface area contributed by atoms with Crippen molar-refractivity contribution in [1.82, 2.24) is 14.7 Å². The van der Waals surface area contributed by atoms with E-state index in [1.165, 1.54) is 5.56 Å². The van der Waals surface area contributed by atoms with Crippen molar-refractivity contribution in [2.75, 3.05) is 39.2 Å². The zero-order chi connectivity index (χ0) is 18.5. The van der Waals surface area contributed by atoms with Gasteiger partial charge in [0, 0.05) is 25.9 Å². The molecule has 1 amide bonds. The number of hydrogen-bond acceptors (Lipinski definition) is 5. The molecule has 0 spiro atoms. The molecule has 2 aromatic rings. The molecule has 7 heteroatoms. The van der Waals surface area contributed by atoms with Gasteiger partial charge in [0.1, 0.15) is 0 Å². The number of ether oxygens (including phenoxy) is 2. The van der Waals surface area contributed by atoms with E-state index in [9.17, 15) is 4.79 Å². The summed E-state index contributed by atoms with van der Waals surface area (Å²) in [6.07, 6.45) is 3.87. The Bertz CT molecular complexity index is 759. The van der Waals surface area contributed by atoms with Crippen LogP contribution < -0.4 is 14.8 Å². The van der Waals surface area contributed by atoms with Gasteiger partial charge in [0.15, 0.2) is 17.3 Å². The summed E-state index contributed by atoms with van der Waals surface area (Å²) in [5.74, 6) is 2.62. The zero-order valence-electron chi connectivity index (χ0n) is 15.6. The number of hydrogen-bond donors (Lipinski definition) is 1. The average Bonchev–Trinajstić information content (AvgIpc) is 3.23. The topological polar surface area (TPSA) is 68.6 Å². The predicted octanol–water partition coefficient (Wildman–Crippen LogP) is 1.94. The van der Waals surface area contributed by atoms with Crippen molar-refractivity contribution in [1.29, 1.82) is 0 Å². The van der Waals surface area contributed by atoms with Gasteiger partial charge in [-0.15, -0.1) is 0 Å². The molecular formula is C19H26N4O3. The van der Waals surface area contributed by atoms with Gasteiger partial charge in [-0.3, -0.25) is 14.4 Å². The van der Waals surface area contributed by atoms with Gasteiger partial charge < -0.3 is 14.8 Å². The lowest BCUT2D eigenvalue weighted by Gasteiger charge is -2.16. The van der Waals surface area contributed by atoms with Crippen molar-refractivity contribution in [2.24, 2.45) is 13.0 Å². The number of benzene rings is 1. The molecule has 7 nitrogen and oxygen atoms in total.